The minimum absolute atomic E-state index is 0.280. The zero-order valence-corrected chi connectivity index (χ0v) is 5.81. The summed E-state index contributed by atoms with van der Waals surface area (Å²) in [6, 6.07) is 0. The van der Waals surface area contributed by atoms with Crippen molar-refractivity contribution in [2.75, 3.05) is 0 Å². The fourth-order valence-corrected chi connectivity index (χ4v) is 0.221. The summed E-state index contributed by atoms with van der Waals surface area (Å²) in [6.07, 6.45) is 0.399. The van der Waals surface area contributed by atoms with Gasteiger partial charge in [-0.3, -0.25) is 15.0 Å². The van der Waals surface area contributed by atoms with Crippen LogP contribution >= 0.6 is 16.1 Å². The molecule has 0 saturated carbocycles. The van der Waals surface area contributed by atoms with Crippen LogP contribution in [0.3, 0.4) is 0 Å². The number of halogens is 1. The number of amides is 2. The average Bonchev–Trinajstić information content (AvgIpc) is 1.67. The predicted molar refractivity (Wildman–Crippen MR) is 30.6 cm³/mol. The fraction of sp³-hybridized carbons (Fsp3) is 0.333. The van der Waals surface area contributed by atoms with Crippen molar-refractivity contribution in [3.63, 3.8) is 0 Å². The SMILES string of the molecule is CC(=O)N(Br)NC=O. The molecule has 0 aliphatic carbocycles. The Labute approximate surface area is 55.1 Å². The maximum absolute atomic E-state index is 10.2. The molecule has 5 heteroatoms. The van der Waals surface area contributed by atoms with Gasteiger partial charge < -0.3 is 0 Å². The van der Waals surface area contributed by atoms with E-state index < -0.39 is 0 Å². The second kappa shape index (κ2) is 3.43. The van der Waals surface area contributed by atoms with Crippen LogP contribution in [0.25, 0.3) is 0 Å². The Hall–Kier alpha value is -0.580. The Morgan fingerprint density at radius 2 is 2.38 bits per heavy atom. The van der Waals surface area contributed by atoms with E-state index in [0.717, 1.165) is 4.03 Å². The molecule has 0 unspecified atom stereocenters. The van der Waals surface area contributed by atoms with E-state index in [1.807, 2.05) is 0 Å². The fourth-order valence-electron chi connectivity index (χ4n) is 0.137. The van der Waals surface area contributed by atoms with Crippen molar-refractivity contribution in [3.05, 3.63) is 0 Å². The maximum atomic E-state index is 10.2. The van der Waals surface area contributed by atoms with Gasteiger partial charge in [-0.05, 0) is 0 Å². The smallest absolute Gasteiger partial charge is 0.248 e. The summed E-state index contributed by atoms with van der Waals surface area (Å²) in [4.78, 5) is 19.8. The van der Waals surface area contributed by atoms with Crippen LogP contribution in [0.2, 0.25) is 0 Å². The van der Waals surface area contributed by atoms with Crippen molar-refractivity contribution in [3.8, 4) is 0 Å². The third-order valence-electron chi connectivity index (χ3n) is 0.443. The topological polar surface area (TPSA) is 49.4 Å². The normalized spacial score (nSPS) is 7.75. The van der Waals surface area contributed by atoms with E-state index in [-0.39, 0.29) is 5.91 Å². The summed E-state index contributed by atoms with van der Waals surface area (Å²) >= 11 is 2.74. The van der Waals surface area contributed by atoms with Crippen LogP contribution in [0.5, 0.6) is 0 Å². The molecular formula is C3H5BrN2O2. The van der Waals surface area contributed by atoms with E-state index in [1.165, 1.54) is 6.92 Å². The van der Waals surface area contributed by atoms with Gasteiger partial charge in [-0.2, -0.15) is 4.03 Å². The van der Waals surface area contributed by atoms with Crippen LogP contribution in [-0.2, 0) is 9.59 Å². The second-order valence-electron chi connectivity index (χ2n) is 1.05. The molecule has 0 aliphatic heterocycles. The third-order valence-corrected chi connectivity index (χ3v) is 1.15. The highest BCUT2D eigenvalue weighted by molar-refractivity contribution is 9.07. The van der Waals surface area contributed by atoms with Crippen LogP contribution in [0.15, 0.2) is 0 Å². The molecule has 0 fully saturated rings. The minimum Gasteiger partial charge on any atom is -0.277 e. The van der Waals surface area contributed by atoms with Crippen molar-refractivity contribution in [1.82, 2.24) is 9.46 Å². The first-order valence-corrected chi connectivity index (χ1v) is 2.55. The molecular weight excluding hydrogens is 176 g/mol. The van der Waals surface area contributed by atoms with E-state index in [1.54, 1.807) is 0 Å². The third kappa shape index (κ3) is 2.57. The minimum atomic E-state index is -0.280. The standard InChI is InChI=1S/C3H5BrN2O2/c1-3(8)6(4)5-2-7/h2H,1H3,(H,5,7). The number of carbonyl (C=O) groups excluding carboxylic acids is 2. The maximum Gasteiger partial charge on any atom is 0.248 e. The van der Waals surface area contributed by atoms with Crippen LogP contribution in [0.4, 0.5) is 0 Å². The first-order chi connectivity index (χ1) is 3.68. The highest BCUT2D eigenvalue weighted by Gasteiger charge is 1.98. The van der Waals surface area contributed by atoms with Gasteiger partial charge in [0.05, 0.1) is 16.1 Å². The zero-order valence-electron chi connectivity index (χ0n) is 4.22. The van der Waals surface area contributed by atoms with Crippen LogP contribution in [-0.4, -0.2) is 16.4 Å². The Morgan fingerprint density at radius 3 is 2.50 bits per heavy atom. The van der Waals surface area contributed by atoms with Gasteiger partial charge in [-0.1, -0.05) is 0 Å². The lowest BCUT2D eigenvalue weighted by Gasteiger charge is -2.06. The first kappa shape index (κ1) is 7.42. The number of rotatable bonds is 2. The number of nitrogens with one attached hydrogen (secondary N) is 1. The zero-order chi connectivity index (χ0) is 6.57. The summed E-state index contributed by atoms with van der Waals surface area (Å²) in [5.74, 6) is -0.280. The molecule has 0 aliphatic rings. The van der Waals surface area contributed by atoms with Crippen LogP contribution in [0, 0.1) is 0 Å². The van der Waals surface area contributed by atoms with Gasteiger partial charge in [0, 0.05) is 6.92 Å². The molecule has 8 heavy (non-hydrogen) atoms. The molecule has 2 amide bonds. The van der Waals surface area contributed by atoms with Gasteiger partial charge in [0.15, 0.2) is 0 Å². The number of nitrogens with zero attached hydrogens (tertiary/aromatic N) is 1. The molecule has 0 aromatic heterocycles. The second-order valence-corrected chi connectivity index (χ2v) is 1.76. The number of carbonyl (C=O) groups is 2. The predicted octanol–water partition coefficient (Wildman–Crippen LogP) is -0.194. The molecule has 0 radical (unpaired) electrons. The lowest BCUT2D eigenvalue weighted by molar-refractivity contribution is -0.128. The highest BCUT2D eigenvalue weighted by Crippen LogP contribution is 1.88. The van der Waals surface area contributed by atoms with E-state index in [4.69, 9.17) is 0 Å². The van der Waals surface area contributed by atoms with Crippen molar-refractivity contribution in [2.45, 2.75) is 6.92 Å². The molecule has 0 rings (SSSR count). The van der Waals surface area contributed by atoms with Crippen LogP contribution in [0.1, 0.15) is 6.92 Å². The van der Waals surface area contributed by atoms with Gasteiger partial charge in [-0.25, -0.2) is 0 Å². The van der Waals surface area contributed by atoms with Gasteiger partial charge in [0.25, 0.3) is 0 Å². The highest BCUT2D eigenvalue weighted by atomic mass is 79.9. The Kier molecular flexibility index (Phi) is 3.18. The first-order valence-electron chi connectivity index (χ1n) is 1.84. The summed E-state index contributed by atoms with van der Waals surface area (Å²) in [5.41, 5.74) is 2.06. The Balaban J connectivity index is 3.46. The molecule has 0 saturated heterocycles. The average molecular weight is 181 g/mol. The molecule has 0 heterocycles. The number of hydrazine groups is 1. The van der Waals surface area contributed by atoms with Gasteiger partial charge >= 0.3 is 0 Å². The van der Waals surface area contributed by atoms with E-state index in [9.17, 15) is 9.59 Å². The summed E-state index contributed by atoms with van der Waals surface area (Å²) in [7, 11) is 0. The van der Waals surface area contributed by atoms with Gasteiger partial charge in [0.1, 0.15) is 0 Å². The van der Waals surface area contributed by atoms with Crippen molar-refractivity contribution >= 4 is 28.5 Å². The Bertz CT molecular complexity index is 105. The molecule has 0 spiro atoms. The lowest BCUT2D eigenvalue weighted by Crippen LogP contribution is -2.31. The van der Waals surface area contributed by atoms with E-state index in [2.05, 4.69) is 21.6 Å². The van der Waals surface area contributed by atoms with Crippen molar-refractivity contribution < 1.29 is 9.59 Å². The van der Waals surface area contributed by atoms with Crippen LogP contribution < -0.4 is 5.43 Å². The summed E-state index contributed by atoms with van der Waals surface area (Å²) < 4.78 is 0.903. The van der Waals surface area contributed by atoms with Gasteiger partial charge in [-0.15, -0.1) is 0 Å². The molecule has 0 aromatic carbocycles. The molecule has 0 aromatic rings. The van der Waals surface area contributed by atoms with E-state index >= 15 is 0 Å². The van der Waals surface area contributed by atoms with Crippen molar-refractivity contribution in [2.24, 2.45) is 0 Å². The molecule has 0 bridgehead atoms. The van der Waals surface area contributed by atoms with E-state index in [0.29, 0.717) is 6.41 Å². The lowest BCUT2D eigenvalue weighted by atomic mass is 10.8. The Morgan fingerprint density at radius 1 is 1.88 bits per heavy atom. The summed E-state index contributed by atoms with van der Waals surface area (Å²) in [6.45, 7) is 1.31. The molecule has 1 N–H and O–H groups in total. The quantitative estimate of drug-likeness (QED) is 0.364. The molecule has 0 atom stereocenters. The monoisotopic (exact) mass is 180 g/mol. The molecule has 46 valence electrons. The van der Waals surface area contributed by atoms with Crippen molar-refractivity contribution in [1.29, 1.82) is 0 Å². The number of hydrogen-bond acceptors (Lipinski definition) is 2. The largest absolute Gasteiger partial charge is 0.277 e. The van der Waals surface area contributed by atoms with Gasteiger partial charge in [0.2, 0.25) is 12.3 Å². The molecule has 4 nitrogen and oxygen atoms in total. The number of hydrogen-bond donors (Lipinski definition) is 1. The summed E-state index contributed by atoms with van der Waals surface area (Å²) in [5, 5.41) is 0.